The van der Waals surface area contributed by atoms with Crippen LogP contribution in [0.4, 0.5) is 0 Å². The van der Waals surface area contributed by atoms with Crippen molar-refractivity contribution in [3.05, 3.63) is 29.8 Å². The van der Waals surface area contributed by atoms with Crippen LogP contribution in [0.2, 0.25) is 0 Å². The van der Waals surface area contributed by atoms with Gasteiger partial charge in [0.25, 0.3) is 0 Å². The van der Waals surface area contributed by atoms with Gasteiger partial charge in [-0.25, -0.2) is 0 Å². The van der Waals surface area contributed by atoms with E-state index in [9.17, 15) is 0 Å². The molecule has 0 aliphatic heterocycles. The second kappa shape index (κ2) is 8.62. The number of thioether (sulfide) groups is 1. The van der Waals surface area contributed by atoms with Gasteiger partial charge in [0, 0.05) is 17.2 Å². The summed E-state index contributed by atoms with van der Waals surface area (Å²) in [6, 6.07) is 8.81. The Morgan fingerprint density at radius 2 is 1.84 bits per heavy atom. The summed E-state index contributed by atoms with van der Waals surface area (Å²) >= 11 is 1.85. The first kappa shape index (κ1) is 16.5. The molecule has 1 N–H and O–H groups in total. The van der Waals surface area contributed by atoms with Crippen LogP contribution in [0.3, 0.4) is 0 Å². The largest absolute Gasteiger partial charge is 0.375 e. The second-order valence-electron chi connectivity index (χ2n) is 5.63. The van der Waals surface area contributed by atoms with E-state index in [1.807, 2.05) is 11.8 Å². The molecule has 0 saturated heterocycles. The van der Waals surface area contributed by atoms with Crippen LogP contribution in [-0.4, -0.2) is 24.5 Å². The third-order valence-corrected chi connectivity index (χ3v) is 3.54. The number of hydrogen-bond acceptors (Lipinski definition) is 3. The first-order valence-corrected chi connectivity index (χ1v) is 8.06. The molecule has 0 spiro atoms. The molecular formula is C16H27NOS. The Balaban J connectivity index is 2.24. The third-order valence-electron chi connectivity index (χ3n) is 2.57. The van der Waals surface area contributed by atoms with Gasteiger partial charge in [-0.15, -0.1) is 11.8 Å². The predicted molar refractivity (Wildman–Crippen MR) is 84.9 cm³/mol. The summed E-state index contributed by atoms with van der Waals surface area (Å²) in [5, 5.41) is 3.41. The zero-order chi connectivity index (χ0) is 14.1. The summed E-state index contributed by atoms with van der Waals surface area (Å²) in [7, 11) is 0. The highest BCUT2D eigenvalue weighted by atomic mass is 32.2. The molecule has 1 rings (SSSR count). The molecule has 0 unspecified atom stereocenters. The van der Waals surface area contributed by atoms with Crippen molar-refractivity contribution in [2.75, 3.05) is 18.9 Å². The minimum absolute atomic E-state index is 0.0324. The van der Waals surface area contributed by atoms with Crippen LogP contribution >= 0.6 is 11.8 Å². The Bertz CT molecular complexity index is 343. The number of ether oxygens (including phenoxy) is 1. The van der Waals surface area contributed by atoms with E-state index in [0.717, 1.165) is 25.4 Å². The standard InChI is InChI=1S/C16H27NOS/c1-5-10-17-13-14-6-8-15(9-7-14)19-12-11-18-16(2,3)4/h6-9,17H,5,10-13H2,1-4H3. The number of rotatable bonds is 8. The van der Waals surface area contributed by atoms with E-state index in [0.29, 0.717) is 0 Å². The van der Waals surface area contributed by atoms with E-state index in [2.05, 4.69) is 57.3 Å². The maximum Gasteiger partial charge on any atom is 0.0598 e. The number of hydrogen-bond donors (Lipinski definition) is 1. The van der Waals surface area contributed by atoms with Crippen LogP contribution in [0, 0.1) is 0 Å². The van der Waals surface area contributed by atoms with Crippen LogP contribution in [0.25, 0.3) is 0 Å². The maximum absolute atomic E-state index is 5.71. The summed E-state index contributed by atoms with van der Waals surface area (Å²) in [6.45, 7) is 11.3. The van der Waals surface area contributed by atoms with Crippen LogP contribution < -0.4 is 5.32 Å². The summed E-state index contributed by atoms with van der Waals surface area (Å²) < 4.78 is 5.71. The van der Waals surface area contributed by atoms with E-state index in [1.54, 1.807) is 0 Å². The first-order chi connectivity index (χ1) is 9.01. The molecule has 19 heavy (non-hydrogen) atoms. The van der Waals surface area contributed by atoms with Crippen molar-refractivity contribution in [1.82, 2.24) is 5.32 Å². The molecule has 0 fully saturated rings. The van der Waals surface area contributed by atoms with Gasteiger partial charge < -0.3 is 10.1 Å². The van der Waals surface area contributed by atoms with Gasteiger partial charge in [0.1, 0.15) is 0 Å². The highest BCUT2D eigenvalue weighted by molar-refractivity contribution is 7.99. The molecule has 0 amide bonds. The van der Waals surface area contributed by atoms with E-state index in [-0.39, 0.29) is 5.60 Å². The van der Waals surface area contributed by atoms with E-state index < -0.39 is 0 Å². The van der Waals surface area contributed by atoms with Crippen LogP contribution in [0.1, 0.15) is 39.7 Å². The molecule has 0 aliphatic rings. The van der Waals surface area contributed by atoms with Crippen molar-refractivity contribution in [3.8, 4) is 0 Å². The van der Waals surface area contributed by atoms with Gasteiger partial charge in [0.2, 0.25) is 0 Å². The van der Waals surface area contributed by atoms with Gasteiger partial charge in [0.15, 0.2) is 0 Å². The molecule has 0 bridgehead atoms. The maximum atomic E-state index is 5.71. The van der Waals surface area contributed by atoms with Gasteiger partial charge >= 0.3 is 0 Å². The first-order valence-electron chi connectivity index (χ1n) is 7.07. The zero-order valence-corrected chi connectivity index (χ0v) is 13.5. The second-order valence-corrected chi connectivity index (χ2v) is 6.80. The quantitative estimate of drug-likeness (QED) is 0.573. The summed E-state index contributed by atoms with van der Waals surface area (Å²) in [5.74, 6) is 1.00. The molecule has 1 aromatic carbocycles. The molecule has 0 atom stereocenters. The molecule has 108 valence electrons. The van der Waals surface area contributed by atoms with Gasteiger partial charge in [-0.3, -0.25) is 0 Å². The van der Waals surface area contributed by atoms with Gasteiger partial charge in [-0.1, -0.05) is 19.1 Å². The number of benzene rings is 1. The molecule has 3 heteroatoms. The summed E-state index contributed by atoms with van der Waals surface area (Å²) in [6.07, 6.45) is 1.18. The lowest BCUT2D eigenvalue weighted by Crippen LogP contribution is -2.20. The van der Waals surface area contributed by atoms with Crippen LogP contribution in [0.15, 0.2) is 29.2 Å². The zero-order valence-electron chi connectivity index (χ0n) is 12.7. The van der Waals surface area contributed by atoms with Crippen molar-refractivity contribution in [2.45, 2.75) is 51.2 Å². The van der Waals surface area contributed by atoms with Crippen LogP contribution in [-0.2, 0) is 11.3 Å². The van der Waals surface area contributed by atoms with Crippen molar-refractivity contribution in [1.29, 1.82) is 0 Å². The highest BCUT2D eigenvalue weighted by Gasteiger charge is 2.09. The fourth-order valence-electron chi connectivity index (χ4n) is 1.62. The summed E-state index contributed by atoms with van der Waals surface area (Å²) in [4.78, 5) is 1.32. The highest BCUT2D eigenvalue weighted by Crippen LogP contribution is 2.19. The Morgan fingerprint density at radius 1 is 1.16 bits per heavy atom. The van der Waals surface area contributed by atoms with Crippen LogP contribution in [0.5, 0.6) is 0 Å². The molecular weight excluding hydrogens is 254 g/mol. The monoisotopic (exact) mass is 281 g/mol. The Morgan fingerprint density at radius 3 is 2.42 bits per heavy atom. The fraction of sp³-hybridized carbons (Fsp3) is 0.625. The smallest absolute Gasteiger partial charge is 0.0598 e. The lowest BCUT2D eigenvalue weighted by Gasteiger charge is -2.19. The lowest BCUT2D eigenvalue weighted by molar-refractivity contribution is 0.00695. The van der Waals surface area contributed by atoms with Crippen molar-refractivity contribution >= 4 is 11.8 Å². The third kappa shape index (κ3) is 8.30. The van der Waals surface area contributed by atoms with E-state index in [1.165, 1.54) is 16.9 Å². The normalized spacial score (nSPS) is 11.8. The van der Waals surface area contributed by atoms with Gasteiger partial charge in [-0.05, 0) is 51.4 Å². The van der Waals surface area contributed by atoms with Crippen molar-refractivity contribution in [2.24, 2.45) is 0 Å². The Kier molecular flexibility index (Phi) is 7.51. The number of nitrogens with one attached hydrogen (secondary N) is 1. The van der Waals surface area contributed by atoms with E-state index in [4.69, 9.17) is 4.74 Å². The van der Waals surface area contributed by atoms with E-state index >= 15 is 0 Å². The Labute approximate surface area is 122 Å². The predicted octanol–water partition coefficient (Wildman–Crippen LogP) is 4.09. The molecule has 0 aliphatic carbocycles. The molecule has 0 heterocycles. The molecule has 0 aromatic heterocycles. The van der Waals surface area contributed by atoms with Crippen molar-refractivity contribution in [3.63, 3.8) is 0 Å². The van der Waals surface area contributed by atoms with Gasteiger partial charge in [0.05, 0.1) is 12.2 Å². The van der Waals surface area contributed by atoms with Crippen molar-refractivity contribution < 1.29 is 4.74 Å². The Hall–Kier alpha value is -0.510. The SMILES string of the molecule is CCCNCc1ccc(SCCOC(C)(C)C)cc1. The fourth-order valence-corrected chi connectivity index (χ4v) is 2.35. The minimum atomic E-state index is -0.0324. The minimum Gasteiger partial charge on any atom is -0.375 e. The molecule has 1 aromatic rings. The molecule has 0 saturated carbocycles. The molecule has 2 nitrogen and oxygen atoms in total. The molecule has 0 radical (unpaired) electrons. The lowest BCUT2D eigenvalue weighted by atomic mass is 10.2. The average molecular weight is 281 g/mol. The topological polar surface area (TPSA) is 21.3 Å². The summed E-state index contributed by atoms with van der Waals surface area (Å²) in [5.41, 5.74) is 1.32. The van der Waals surface area contributed by atoms with Gasteiger partial charge in [-0.2, -0.15) is 0 Å². The average Bonchev–Trinajstić information content (AvgIpc) is 2.36.